The molecule has 0 aliphatic carbocycles. The van der Waals surface area contributed by atoms with Crippen molar-refractivity contribution < 1.29 is 17.9 Å². The summed E-state index contributed by atoms with van der Waals surface area (Å²) in [5.41, 5.74) is 14.4. The Morgan fingerprint density at radius 3 is 2.39 bits per heavy atom. The first-order valence-electron chi connectivity index (χ1n) is 14.2. The van der Waals surface area contributed by atoms with E-state index >= 15 is 0 Å². The van der Waals surface area contributed by atoms with Gasteiger partial charge in [0.05, 0.1) is 23.2 Å². The van der Waals surface area contributed by atoms with Crippen molar-refractivity contribution in [2.45, 2.75) is 37.5 Å². The van der Waals surface area contributed by atoms with Crippen LogP contribution in [0.1, 0.15) is 37.3 Å². The first kappa shape index (κ1) is 30.3. The summed E-state index contributed by atoms with van der Waals surface area (Å²) in [6, 6.07) is 21.5. The van der Waals surface area contributed by atoms with Crippen LogP contribution in [0, 0.1) is 17.2 Å². The number of nitrogens with one attached hydrogen (secondary N) is 1. The molecular weight excluding hydrogens is 536 g/mol. The molecule has 8 nitrogen and oxygen atoms in total. The molecule has 1 aliphatic heterocycles. The minimum atomic E-state index is -3.81. The van der Waals surface area contributed by atoms with Gasteiger partial charge in [-0.2, -0.15) is 0 Å². The van der Waals surface area contributed by atoms with Crippen molar-refractivity contribution in [1.29, 1.82) is 5.41 Å². The van der Waals surface area contributed by atoms with Crippen LogP contribution in [0.3, 0.4) is 0 Å². The molecule has 0 aromatic heterocycles. The van der Waals surface area contributed by atoms with Gasteiger partial charge in [-0.3, -0.25) is 10.2 Å². The summed E-state index contributed by atoms with van der Waals surface area (Å²) < 4.78 is 33.1. The van der Waals surface area contributed by atoms with Crippen molar-refractivity contribution in [3.05, 3.63) is 83.9 Å². The SMILES string of the molecule is CCOc1ccc(-c2cccc(S(=O)(=O)CC(Cc3cccc(C(=N)N)c3)C(=O)N3CCC(CCN)CC3)c2)cc1. The summed E-state index contributed by atoms with van der Waals surface area (Å²) in [4.78, 5) is 15.8. The van der Waals surface area contributed by atoms with E-state index in [1.807, 2.05) is 43.3 Å². The number of hydrogen-bond acceptors (Lipinski definition) is 6. The van der Waals surface area contributed by atoms with Gasteiger partial charge in [-0.1, -0.05) is 42.5 Å². The fourth-order valence-electron chi connectivity index (χ4n) is 5.44. The van der Waals surface area contributed by atoms with Gasteiger partial charge >= 0.3 is 0 Å². The molecule has 1 aliphatic rings. The summed E-state index contributed by atoms with van der Waals surface area (Å²) in [7, 11) is -3.81. The lowest BCUT2D eigenvalue weighted by Crippen LogP contribution is -2.44. The number of nitrogen functional groups attached to an aromatic ring is 1. The standard InChI is InChI=1S/C32H40N4O4S/c1-2-40-29-11-9-25(10-12-29)26-6-4-8-30(21-26)41(38,39)22-28(20-24-5-3-7-27(19-24)31(34)35)32(37)36-17-14-23(13-16-33)15-18-36/h3-12,19,21,23,28H,2,13-18,20,22,33H2,1H3,(H3,34,35). The van der Waals surface area contributed by atoms with Crippen LogP contribution in [0.5, 0.6) is 5.75 Å². The molecule has 1 heterocycles. The quantitative estimate of drug-likeness (QED) is 0.218. The van der Waals surface area contributed by atoms with Gasteiger partial charge in [-0.25, -0.2) is 8.42 Å². The number of nitrogens with zero attached hydrogens (tertiary/aromatic N) is 1. The third-order valence-corrected chi connectivity index (χ3v) is 9.50. The monoisotopic (exact) mass is 576 g/mol. The number of nitrogens with two attached hydrogens (primary N) is 2. The molecule has 0 spiro atoms. The van der Waals surface area contributed by atoms with Crippen molar-refractivity contribution in [3.8, 4) is 16.9 Å². The normalized spacial score (nSPS) is 14.9. The van der Waals surface area contributed by atoms with E-state index in [4.69, 9.17) is 21.6 Å². The summed E-state index contributed by atoms with van der Waals surface area (Å²) in [5.74, 6) is -0.0782. The number of likely N-dealkylation sites (tertiary alicyclic amines) is 1. The average molecular weight is 577 g/mol. The number of sulfone groups is 1. The molecule has 3 aromatic rings. The third-order valence-electron chi connectivity index (χ3n) is 7.68. The molecule has 4 rings (SSSR count). The largest absolute Gasteiger partial charge is 0.494 e. The Morgan fingerprint density at radius 1 is 1.02 bits per heavy atom. The lowest BCUT2D eigenvalue weighted by Gasteiger charge is -2.34. The molecule has 1 atom stereocenters. The Balaban J connectivity index is 1.59. The van der Waals surface area contributed by atoms with Crippen LogP contribution in [-0.4, -0.2) is 57.1 Å². The fraction of sp³-hybridized carbons (Fsp3) is 0.375. The highest BCUT2D eigenvalue weighted by Gasteiger charge is 2.32. The topological polar surface area (TPSA) is 140 Å². The van der Waals surface area contributed by atoms with Crippen molar-refractivity contribution in [1.82, 2.24) is 4.90 Å². The molecule has 9 heteroatoms. The zero-order valence-electron chi connectivity index (χ0n) is 23.6. The molecule has 1 unspecified atom stereocenters. The average Bonchev–Trinajstić information content (AvgIpc) is 2.98. The van der Waals surface area contributed by atoms with E-state index in [9.17, 15) is 13.2 Å². The predicted octanol–water partition coefficient (Wildman–Crippen LogP) is 4.26. The Labute approximate surface area is 243 Å². The maximum atomic E-state index is 13.8. The molecule has 1 amide bonds. The number of amidine groups is 1. The van der Waals surface area contributed by atoms with Crippen LogP contribution in [0.2, 0.25) is 0 Å². The van der Waals surface area contributed by atoms with Crippen LogP contribution < -0.4 is 16.2 Å². The van der Waals surface area contributed by atoms with Gasteiger partial charge in [0, 0.05) is 18.7 Å². The van der Waals surface area contributed by atoms with E-state index in [1.54, 1.807) is 41.3 Å². The van der Waals surface area contributed by atoms with Gasteiger partial charge < -0.3 is 21.1 Å². The zero-order valence-corrected chi connectivity index (χ0v) is 24.4. The molecule has 0 saturated carbocycles. The van der Waals surface area contributed by atoms with Gasteiger partial charge in [0.25, 0.3) is 0 Å². The fourth-order valence-corrected chi connectivity index (χ4v) is 7.02. The number of amides is 1. The zero-order chi connectivity index (χ0) is 29.4. The van der Waals surface area contributed by atoms with E-state index in [-0.39, 0.29) is 28.8 Å². The first-order valence-corrected chi connectivity index (χ1v) is 15.8. The van der Waals surface area contributed by atoms with Crippen LogP contribution in [0.15, 0.2) is 77.7 Å². The number of benzene rings is 3. The van der Waals surface area contributed by atoms with Gasteiger partial charge in [-0.05, 0) is 92.1 Å². The highest BCUT2D eigenvalue weighted by Crippen LogP contribution is 2.28. The summed E-state index contributed by atoms with van der Waals surface area (Å²) >= 11 is 0. The van der Waals surface area contributed by atoms with E-state index in [1.165, 1.54) is 0 Å². The summed E-state index contributed by atoms with van der Waals surface area (Å²) in [6.45, 7) is 4.31. The van der Waals surface area contributed by atoms with E-state index in [2.05, 4.69) is 0 Å². The van der Waals surface area contributed by atoms with Crippen molar-refractivity contribution in [2.75, 3.05) is 32.0 Å². The number of rotatable bonds is 12. The van der Waals surface area contributed by atoms with E-state index < -0.39 is 15.8 Å². The molecule has 218 valence electrons. The Hall–Kier alpha value is -3.69. The highest BCUT2D eigenvalue weighted by atomic mass is 32.2. The lowest BCUT2D eigenvalue weighted by atomic mass is 9.92. The van der Waals surface area contributed by atoms with Gasteiger partial charge in [-0.15, -0.1) is 0 Å². The molecule has 1 saturated heterocycles. The second kappa shape index (κ2) is 13.8. The van der Waals surface area contributed by atoms with Crippen LogP contribution in [0.4, 0.5) is 0 Å². The number of carbonyl (C=O) groups is 1. The van der Waals surface area contributed by atoms with Crippen LogP contribution in [-0.2, 0) is 21.1 Å². The van der Waals surface area contributed by atoms with Crippen molar-refractivity contribution in [2.24, 2.45) is 23.3 Å². The maximum Gasteiger partial charge on any atom is 0.227 e. The minimum absolute atomic E-state index is 0.0737. The number of carbonyl (C=O) groups excluding carboxylic acids is 1. The third kappa shape index (κ3) is 7.95. The van der Waals surface area contributed by atoms with Gasteiger partial charge in [0.1, 0.15) is 11.6 Å². The Bertz CT molecular complexity index is 1450. The summed E-state index contributed by atoms with van der Waals surface area (Å²) in [5, 5.41) is 7.78. The van der Waals surface area contributed by atoms with Crippen molar-refractivity contribution >= 4 is 21.6 Å². The van der Waals surface area contributed by atoms with Gasteiger partial charge in [0.15, 0.2) is 9.84 Å². The highest BCUT2D eigenvalue weighted by molar-refractivity contribution is 7.91. The van der Waals surface area contributed by atoms with Crippen molar-refractivity contribution in [3.63, 3.8) is 0 Å². The minimum Gasteiger partial charge on any atom is -0.494 e. The molecule has 3 aromatic carbocycles. The number of ether oxygens (including phenoxy) is 1. The van der Waals surface area contributed by atoms with Gasteiger partial charge in [0.2, 0.25) is 5.91 Å². The molecule has 41 heavy (non-hydrogen) atoms. The molecule has 1 fully saturated rings. The lowest BCUT2D eigenvalue weighted by molar-refractivity contribution is -0.136. The summed E-state index contributed by atoms with van der Waals surface area (Å²) in [6.07, 6.45) is 2.90. The van der Waals surface area contributed by atoms with Crippen LogP contribution in [0.25, 0.3) is 11.1 Å². The second-order valence-electron chi connectivity index (χ2n) is 10.6. The first-order chi connectivity index (χ1) is 19.7. The molecule has 0 radical (unpaired) electrons. The predicted molar refractivity (Wildman–Crippen MR) is 163 cm³/mol. The maximum absolute atomic E-state index is 13.8. The van der Waals surface area contributed by atoms with E-state index in [0.29, 0.717) is 37.7 Å². The van der Waals surface area contributed by atoms with E-state index in [0.717, 1.165) is 41.7 Å². The molecule has 0 bridgehead atoms. The number of hydrogen-bond donors (Lipinski definition) is 3. The smallest absolute Gasteiger partial charge is 0.227 e. The second-order valence-corrected chi connectivity index (χ2v) is 12.7. The Kier molecular flexibility index (Phi) is 10.2. The van der Waals surface area contributed by atoms with Crippen LogP contribution >= 0.6 is 0 Å². The number of piperidine rings is 1. The molecule has 5 N–H and O–H groups in total. The Morgan fingerprint density at radius 2 is 1.73 bits per heavy atom. The molecular formula is C32H40N4O4S.